The first-order chi connectivity index (χ1) is 11.6. The maximum atomic E-state index is 12.1. The number of hydrogen-bond donors (Lipinski definition) is 1. The fourth-order valence-corrected chi connectivity index (χ4v) is 3.24. The van der Waals surface area contributed by atoms with Crippen LogP contribution < -0.4 is 5.32 Å². The van der Waals surface area contributed by atoms with Gasteiger partial charge in [-0.15, -0.1) is 0 Å². The first kappa shape index (κ1) is 16.6. The molecule has 1 N–H and O–H groups in total. The van der Waals surface area contributed by atoms with E-state index in [2.05, 4.69) is 32.3 Å². The average Bonchev–Trinajstić information content (AvgIpc) is 2.60. The average molecular weight is 389 g/mol. The van der Waals surface area contributed by atoms with E-state index in [0.29, 0.717) is 10.0 Å². The quantitative estimate of drug-likeness (QED) is 0.816. The number of nitrogens with one attached hydrogen (secondary N) is 1. The van der Waals surface area contributed by atoms with Gasteiger partial charge < -0.3 is 10.1 Å². The zero-order chi connectivity index (χ0) is 16.9. The van der Waals surface area contributed by atoms with Crippen LogP contribution in [0.5, 0.6) is 0 Å². The van der Waals surface area contributed by atoms with E-state index in [1.807, 2.05) is 18.2 Å². The van der Waals surface area contributed by atoms with Crippen molar-refractivity contribution in [1.29, 1.82) is 0 Å². The molecule has 2 aromatic rings. The van der Waals surface area contributed by atoms with Crippen LogP contribution in [0, 0.1) is 0 Å². The van der Waals surface area contributed by atoms with Crippen LogP contribution in [0.2, 0.25) is 0 Å². The van der Waals surface area contributed by atoms with Crippen molar-refractivity contribution in [2.45, 2.75) is 25.3 Å². The van der Waals surface area contributed by atoms with Crippen LogP contribution in [0.1, 0.15) is 40.4 Å². The van der Waals surface area contributed by atoms with Crippen molar-refractivity contribution >= 4 is 27.8 Å². The number of aromatic nitrogens is 1. The first-order valence-electron chi connectivity index (χ1n) is 7.78. The third-order valence-electron chi connectivity index (χ3n) is 3.98. The number of rotatable bonds is 4. The van der Waals surface area contributed by atoms with Crippen molar-refractivity contribution in [3.05, 3.63) is 63.9 Å². The number of carbonyl (C=O) groups is 2. The van der Waals surface area contributed by atoms with Crippen LogP contribution in [0.25, 0.3) is 0 Å². The normalized spacial score (nSPS) is 16.1. The van der Waals surface area contributed by atoms with Gasteiger partial charge in [-0.05, 0) is 52.4 Å². The summed E-state index contributed by atoms with van der Waals surface area (Å²) in [6.45, 7) is -0.302. The Morgan fingerprint density at radius 3 is 2.96 bits per heavy atom. The zero-order valence-corrected chi connectivity index (χ0v) is 14.6. The number of hydrogen-bond acceptors (Lipinski definition) is 4. The van der Waals surface area contributed by atoms with Gasteiger partial charge in [-0.2, -0.15) is 0 Å². The number of benzene rings is 1. The topological polar surface area (TPSA) is 68.3 Å². The van der Waals surface area contributed by atoms with Gasteiger partial charge in [0.25, 0.3) is 5.91 Å². The van der Waals surface area contributed by atoms with E-state index < -0.39 is 5.97 Å². The Balaban J connectivity index is 1.56. The van der Waals surface area contributed by atoms with Crippen molar-refractivity contribution in [3.8, 4) is 0 Å². The van der Waals surface area contributed by atoms with Crippen LogP contribution in [0.3, 0.4) is 0 Å². The third kappa shape index (κ3) is 4.00. The molecule has 5 nitrogen and oxygen atoms in total. The molecule has 0 saturated carbocycles. The van der Waals surface area contributed by atoms with E-state index in [9.17, 15) is 9.59 Å². The highest BCUT2D eigenvalue weighted by Crippen LogP contribution is 2.29. The summed E-state index contributed by atoms with van der Waals surface area (Å²) in [6.07, 6.45) is 5.94. The van der Waals surface area contributed by atoms with Crippen LogP contribution in [0.15, 0.2) is 47.2 Å². The minimum atomic E-state index is -0.567. The van der Waals surface area contributed by atoms with Gasteiger partial charge in [-0.25, -0.2) is 4.79 Å². The van der Waals surface area contributed by atoms with Crippen LogP contribution in [-0.4, -0.2) is 23.5 Å². The molecule has 1 aromatic carbocycles. The highest BCUT2D eigenvalue weighted by molar-refractivity contribution is 9.10. The van der Waals surface area contributed by atoms with E-state index in [1.54, 1.807) is 12.3 Å². The monoisotopic (exact) mass is 388 g/mol. The Labute approximate surface area is 148 Å². The SMILES string of the molecule is O=C(COC(=O)c1cncc(Br)c1)N[C@H]1CCCc2ccccc21. The van der Waals surface area contributed by atoms with Gasteiger partial charge in [0.1, 0.15) is 0 Å². The molecule has 1 heterocycles. The summed E-state index contributed by atoms with van der Waals surface area (Å²) in [5, 5.41) is 2.95. The summed E-state index contributed by atoms with van der Waals surface area (Å²) in [5.74, 6) is -0.865. The molecule has 0 saturated heterocycles. The lowest BCUT2D eigenvalue weighted by atomic mass is 9.88. The maximum absolute atomic E-state index is 12.1. The summed E-state index contributed by atoms with van der Waals surface area (Å²) in [7, 11) is 0. The predicted octanol–water partition coefficient (Wildman–Crippen LogP) is 3.19. The fraction of sp³-hybridized carbons (Fsp3) is 0.278. The predicted molar refractivity (Wildman–Crippen MR) is 92.5 cm³/mol. The molecule has 1 amide bonds. The van der Waals surface area contributed by atoms with Gasteiger partial charge in [0.15, 0.2) is 6.61 Å². The van der Waals surface area contributed by atoms with Gasteiger partial charge >= 0.3 is 5.97 Å². The van der Waals surface area contributed by atoms with E-state index in [1.165, 1.54) is 11.8 Å². The second kappa shape index (κ2) is 7.57. The molecule has 0 aliphatic heterocycles. The lowest BCUT2D eigenvalue weighted by Gasteiger charge is -2.26. The Bertz CT molecular complexity index is 763. The molecule has 124 valence electrons. The van der Waals surface area contributed by atoms with E-state index >= 15 is 0 Å². The molecular weight excluding hydrogens is 372 g/mol. The second-order valence-corrected chi connectivity index (χ2v) is 6.59. The zero-order valence-electron chi connectivity index (χ0n) is 13.0. The van der Waals surface area contributed by atoms with Crippen LogP contribution >= 0.6 is 15.9 Å². The van der Waals surface area contributed by atoms with E-state index in [0.717, 1.165) is 24.8 Å². The number of ether oxygens (including phenoxy) is 1. The summed E-state index contributed by atoms with van der Waals surface area (Å²) in [4.78, 5) is 27.9. The molecule has 0 bridgehead atoms. The summed E-state index contributed by atoms with van der Waals surface area (Å²) < 4.78 is 5.74. The molecular formula is C18H17BrN2O3. The van der Waals surface area contributed by atoms with Crippen molar-refractivity contribution in [1.82, 2.24) is 10.3 Å². The summed E-state index contributed by atoms with van der Waals surface area (Å²) >= 11 is 3.24. The molecule has 3 rings (SSSR count). The fourth-order valence-electron chi connectivity index (χ4n) is 2.88. The standard InChI is InChI=1S/C18H17BrN2O3/c19-14-8-13(9-20-10-14)18(23)24-11-17(22)21-16-7-3-5-12-4-1-2-6-15(12)16/h1-2,4,6,8-10,16H,3,5,7,11H2,(H,21,22)/t16-/m0/s1. The Morgan fingerprint density at radius 2 is 2.12 bits per heavy atom. The van der Waals surface area contributed by atoms with E-state index in [4.69, 9.17) is 4.74 Å². The van der Waals surface area contributed by atoms with Gasteiger partial charge in [0.2, 0.25) is 0 Å². The maximum Gasteiger partial charge on any atom is 0.340 e. The molecule has 0 fully saturated rings. The smallest absolute Gasteiger partial charge is 0.340 e. The van der Waals surface area contributed by atoms with Gasteiger partial charge in [0, 0.05) is 16.9 Å². The highest BCUT2D eigenvalue weighted by Gasteiger charge is 2.22. The number of halogens is 1. The molecule has 6 heteroatoms. The van der Waals surface area contributed by atoms with Crippen molar-refractivity contribution in [2.75, 3.05) is 6.61 Å². The van der Waals surface area contributed by atoms with Crippen molar-refractivity contribution in [2.24, 2.45) is 0 Å². The van der Waals surface area contributed by atoms with Crippen molar-refractivity contribution < 1.29 is 14.3 Å². The summed E-state index contributed by atoms with van der Waals surface area (Å²) in [5.41, 5.74) is 2.73. The van der Waals surface area contributed by atoms with Crippen LogP contribution in [0.4, 0.5) is 0 Å². The molecule has 0 unspecified atom stereocenters. The third-order valence-corrected chi connectivity index (χ3v) is 4.41. The molecule has 1 aliphatic carbocycles. The lowest BCUT2D eigenvalue weighted by molar-refractivity contribution is -0.125. The second-order valence-electron chi connectivity index (χ2n) is 5.68. The number of esters is 1. The molecule has 0 spiro atoms. The van der Waals surface area contributed by atoms with E-state index in [-0.39, 0.29) is 18.6 Å². The molecule has 1 aromatic heterocycles. The largest absolute Gasteiger partial charge is 0.452 e. The Kier molecular flexibility index (Phi) is 5.25. The van der Waals surface area contributed by atoms with Gasteiger partial charge in [0.05, 0.1) is 11.6 Å². The number of pyridine rings is 1. The van der Waals surface area contributed by atoms with Crippen molar-refractivity contribution in [3.63, 3.8) is 0 Å². The Hall–Kier alpha value is -2.21. The lowest BCUT2D eigenvalue weighted by Crippen LogP contribution is -2.34. The Morgan fingerprint density at radius 1 is 1.29 bits per heavy atom. The number of fused-ring (bicyclic) bond motifs is 1. The minimum absolute atomic E-state index is 0.0197. The number of nitrogens with zero attached hydrogens (tertiary/aromatic N) is 1. The molecule has 1 atom stereocenters. The molecule has 0 radical (unpaired) electrons. The minimum Gasteiger partial charge on any atom is -0.452 e. The number of aryl methyl sites for hydroxylation is 1. The molecule has 1 aliphatic rings. The first-order valence-corrected chi connectivity index (χ1v) is 8.57. The summed E-state index contributed by atoms with van der Waals surface area (Å²) in [6, 6.07) is 9.70. The van der Waals surface area contributed by atoms with Gasteiger partial charge in [-0.3, -0.25) is 9.78 Å². The van der Waals surface area contributed by atoms with Crippen LogP contribution in [-0.2, 0) is 16.0 Å². The number of amides is 1. The van der Waals surface area contributed by atoms with Gasteiger partial charge in [-0.1, -0.05) is 24.3 Å². The molecule has 24 heavy (non-hydrogen) atoms. The highest BCUT2D eigenvalue weighted by atomic mass is 79.9. The number of carbonyl (C=O) groups excluding carboxylic acids is 2.